The van der Waals surface area contributed by atoms with Crippen molar-refractivity contribution in [2.24, 2.45) is 13.0 Å². The van der Waals surface area contributed by atoms with Gasteiger partial charge in [-0.25, -0.2) is 14.8 Å². The number of imide groups is 1. The number of hydrogen-bond acceptors (Lipinski definition) is 7. The van der Waals surface area contributed by atoms with E-state index in [1.807, 2.05) is 32.9 Å². The Hall–Kier alpha value is -4.28. The first-order chi connectivity index (χ1) is 17.6. The van der Waals surface area contributed by atoms with E-state index < -0.39 is 29.8 Å². The summed E-state index contributed by atoms with van der Waals surface area (Å²) in [6.45, 7) is 5.73. The Morgan fingerprint density at radius 3 is 2.57 bits per heavy atom. The minimum atomic E-state index is -1.00. The summed E-state index contributed by atoms with van der Waals surface area (Å²) in [5.41, 5.74) is 9.12. The number of carbonyl (C=O) groups is 3. The van der Waals surface area contributed by atoms with Crippen molar-refractivity contribution in [2.75, 3.05) is 17.7 Å². The molecule has 3 atom stereocenters. The van der Waals surface area contributed by atoms with Crippen molar-refractivity contribution in [1.82, 2.24) is 29.7 Å². The van der Waals surface area contributed by atoms with E-state index in [9.17, 15) is 14.4 Å². The molecule has 11 heteroatoms. The van der Waals surface area contributed by atoms with Crippen LogP contribution in [0.1, 0.15) is 41.9 Å². The highest BCUT2D eigenvalue weighted by Gasteiger charge is 2.55. The van der Waals surface area contributed by atoms with E-state index >= 15 is 0 Å². The molecule has 3 aromatic rings. The summed E-state index contributed by atoms with van der Waals surface area (Å²) < 4.78 is 1.70. The predicted octanol–water partition coefficient (Wildman–Crippen LogP) is 2.30. The number of rotatable bonds is 7. The Bertz CT molecular complexity index is 1340. The summed E-state index contributed by atoms with van der Waals surface area (Å²) in [6.07, 6.45) is 5.69. The number of imidazole rings is 1. The van der Waals surface area contributed by atoms with Crippen LogP contribution in [0.15, 0.2) is 42.9 Å². The van der Waals surface area contributed by atoms with Crippen molar-refractivity contribution in [3.8, 4) is 0 Å². The number of hydrogen-bond donors (Lipinski definition) is 2. The van der Waals surface area contributed by atoms with Gasteiger partial charge < -0.3 is 15.6 Å². The molecule has 0 radical (unpaired) electrons. The number of nitrogens with two attached hydrogens (primary N) is 1. The third-order valence-electron chi connectivity index (χ3n) is 6.76. The highest BCUT2D eigenvalue weighted by molar-refractivity contribution is 6.12. The van der Waals surface area contributed by atoms with E-state index in [1.165, 1.54) is 4.90 Å². The molecule has 0 aromatic carbocycles. The average Bonchev–Trinajstić information content (AvgIpc) is 3.29. The summed E-state index contributed by atoms with van der Waals surface area (Å²) in [7, 11) is 3.35. The van der Waals surface area contributed by atoms with Crippen LogP contribution in [-0.2, 0) is 23.1 Å². The van der Waals surface area contributed by atoms with Gasteiger partial charge in [0.2, 0.25) is 11.9 Å². The van der Waals surface area contributed by atoms with Crippen LogP contribution in [0.3, 0.4) is 0 Å². The van der Waals surface area contributed by atoms with Crippen LogP contribution in [0.25, 0.3) is 0 Å². The molecule has 1 aliphatic heterocycles. The first-order valence-corrected chi connectivity index (χ1v) is 12.1. The van der Waals surface area contributed by atoms with Crippen LogP contribution in [0.5, 0.6) is 0 Å². The lowest BCUT2D eigenvalue weighted by Gasteiger charge is -2.45. The lowest BCUT2D eigenvalue weighted by molar-refractivity contribution is -0.156. The molecule has 1 saturated heterocycles. The molecule has 0 aliphatic carbocycles. The molecule has 4 amide bonds. The molecule has 0 saturated carbocycles. The lowest BCUT2D eigenvalue weighted by Crippen LogP contribution is -2.70. The van der Waals surface area contributed by atoms with Crippen molar-refractivity contribution < 1.29 is 14.4 Å². The number of aryl methyl sites for hydroxylation is 3. The Balaban J connectivity index is 1.61. The van der Waals surface area contributed by atoms with Crippen molar-refractivity contribution in [2.45, 2.75) is 45.7 Å². The van der Waals surface area contributed by atoms with Crippen LogP contribution in [-0.4, -0.2) is 55.4 Å². The van der Waals surface area contributed by atoms with Gasteiger partial charge in [0, 0.05) is 44.1 Å². The molecule has 1 fully saturated rings. The summed E-state index contributed by atoms with van der Waals surface area (Å²) in [5.74, 6) is -0.833. The van der Waals surface area contributed by atoms with Gasteiger partial charge in [-0.1, -0.05) is 13.0 Å². The third-order valence-corrected chi connectivity index (χ3v) is 6.76. The largest absolute Gasteiger partial charge is 0.384 e. The molecule has 4 heterocycles. The van der Waals surface area contributed by atoms with Gasteiger partial charge in [0.25, 0.3) is 5.91 Å². The molecule has 194 valence electrons. The number of nitrogen functional groups attached to an aromatic ring is 1. The number of anilines is 2. The van der Waals surface area contributed by atoms with E-state index in [0.29, 0.717) is 18.2 Å². The molecule has 0 bridgehead atoms. The number of nitrogens with zero attached hydrogens (tertiary/aromatic N) is 6. The molecule has 0 unspecified atom stereocenters. The molecule has 0 spiro atoms. The van der Waals surface area contributed by atoms with Crippen LogP contribution in [0.2, 0.25) is 0 Å². The molecule has 11 nitrogen and oxygen atoms in total. The van der Waals surface area contributed by atoms with Gasteiger partial charge in [0.05, 0.1) is 12.0 Å². The predicted molar refractivity (Wildman–Crippen MR) is 138 cm³/mol. The number of amides is 4. The Morgan fingerprint density at radius 1 is 1.19 bits per heavy atom. The highest BCUT2D eigenvalue weighted by atomic mass is 16.2. The molecule has 4 rings (SSSR count). The van der Waals surface area contributed by atoms with E-state index in [0.717, 1.165) is 27.4 Å². The number of urea groups is 1. The van der Waals surface area contributed by atoms with Gasteiger partial charge in [0.15, 0.2) is 0 Å². The van der Waals surface area contributed by atoms with Crippen LogP contribution < -0.4 is 16.0 Å². The number of likely N-dealkylation sites (tertiary alicyclic amines) is 1. The fraction of sp³-hybridized carbons (Fsp3) is 0.385. The highest BCUT2D eigenvalue weighted by Crippen LogP contribution is 2.33. The van der Waals surface area contributed by atoms with Crippen molar-refractivity contribution >= 4 is 29.6 Å². The van der Waals surface area contributed by atoms with Crippen LogP contribution in [0, 0.1) is 19.8 Å². The number of carbonyl (C=O) groups excluding carboxylic acids is 3. The van der Waals surface area contributed by atoms with Crippen molar-refractivity contribution in [3.63, 3.8) is 0 Å². The van der Waals surface area contributed by atoms with E-state index in [4.69, 9.17) is 5.73 Å². The first kappa shape index (κ1) is 25.8. The fourth-order valence-corrected chi connectivity index (χ4v) is 4.79. The number of nitrogens with one attached hydrogen (secondary N) is 1. The Labute approximate surface area is 215 Å². The zero-order valence-electron chi connectivity index (χ0n) is 21.7. The topological polar surface area (TPSA) is 139 Å². The van der Waals surface area contributed by atoms with Gasteiger partial charge in [-0.3, -0.25) is 24.4 Å². The number of pyridine rings is 2. The maximum Gasteiger partial charge on any atom is 0.325 e. The zero-order valence-corrected chi connectivity index (χ0v) is 21.7. The second-order valence-electron chi connectivity index (χ2n) is 9.33. The summed E-state index contributed by atoms with van der Waals surface area (Å²) >= 11 is 0. The Kier molecular flexibility index (Phi) is 7.23. The van der Waals surface area contributed by atoms with E-state index in [2.05, 4.69) is 20.3 Å². The normalized spacial score (nSPS) is 17.8. The van der Waals surface area contributed by atoms with Gasteiger partial charge in [-0.05, 0) is 56.0 Å². The molecular formula is C26H32N8O3. The molecule has 37 heavy (non-hydrogen) atoms. The minimum Gasteiger partial charge on any atom is -0.384 e. The minimum absolute atomic E-state index is 0.248. The third kappa shape index (κ3) is 5.02. The first-order valence-electron chi connectivity index (χ1n) is 12.1. The van der Waals surface area contributed by atoms with Crippen LogP contribution in [0.4, 0.5) is 16.6 Å². The maximum absolute atomic E-state index is 13.7. The summed E-state index contributed by atoms with van der Waals surface area (Å²) in [6, 6.07) is 5.24. The second-order valence-corrected chi connectivity index (χ2v) is 9.33. The second kappa shape index (κ2) is 10.4. The zero-order chi connectivity index (χ0) is 26.9. The summed E-state index contributed by atoms with van der Waals surface area (Å²) in [4.78, 5) is 55.6. The average molecular weight is 505 g/mol. The number of aromatic nitrogens is 4. The van der Waals surface area contributed by atoms with Gasteiger partial charge in [-0.2, -0.15) is 0 Å². The van der Waals surface area contributed by atoms with E-state index in [1.54, 1.807) is 49.4 Å². The molecule has 3 aromatic heterocycles. The van der Waals surface area contributed by atoms with Crippen molar-refractivity contribution in [3.05, 3.63) is 65.4 Å². The molecular weight excluding hydrogens is 472 g/mol. The number of β-lactam (4-membered cyclic amide) rings is 1. The summed E-state index contributed by atoms with van der Waals surface area (Å²) in [5, 5.41) is 2.94. The SMILES string of the molecule is CC[C@H](NC(=O)N1C(=O)[C@H](Cc2ccnc(N)c2)[C@H]1C(=O)N(C)c1nccn1C)c1ccc(C)nc1C. The van der Waals surface area contributed by atoms with E-state index in [-0.39, 0.29) is 12.5 Å². The van der Waals surface area contributed by atoms with Gasteiger partial charge >= 0.3 is 6.03 Å². The standard InChI is InChI=1S/C26H32N8O3/c1-6-20(18-8-7-15(2)30-16(18)3)31-26(37)34-22(24(36)33(5)25-29-11-12-32(25)4)19(23(34)35)13-17-9-10-28-21(27)14-17/h7-12,14,19-20,22H,6,13H2,1-5H3,(H2,27,28)(H,31,37)/t19-,20+,22+/m1/s1. The maximum atomic E-state index is 13.7. The smallest absolute Gasteiger partial charge is 0.325 e. The van der Waals surface area contributed by atoms with Crippen molar-refractivity contribution in [1.29, 1.82) is 0 Å². The lowest BCUT2D eigenvalue weighted by atomic mass is 9.81. The monoisotopic (exact) mass is 504 g/mol. The fourth-order valence-electron chi connectivity index (χ4n) is 4.79. The number of likely N-dealkylation sites (N-methyl/N-ethyl adjacent to an activating group) is 1. The van der Waals surface area contributed by atoms with Gasteiger partial charge in [-0.15, -0.1) is 0 Å². The van der Waals surface area contributed by atoms with Crippen LogP contribution >= 0.6 is 0 Å². The molecule has 3 N–H and O–H groups in total. The van der Waals surface area contributed by atoms with Gasteiger partial charge in [0.1, 0.15) is 11.9 Å². The molecule has 1 aliphatic rings. The Morgan fingerprint density at radius 2 is 1.95 bits per heavy atom. The quantitative estimate of drug-likeness (QED) is 0.471.